The fourth-order valence-electron chi connectivity index (χ4n) is 4.07. The summed E-state index contributed by atoms with van der Waals surface area (Å²) >= 11 is 3.43. The third kappa shape index (κ3) is 2.17. The van der Waals surface area contributed by atoms with E-state index in [2.05, 4.69) is 22.9 Å². The summed E-state index contributed by atoms with van der Waals surface area (Å²) < 4.78 is 20.2. The van der Waals surface area contributed by atoms with E-state index in [0.717, 1.165) is 16.5 Å². The molecule has 114 valence electrons. The minimum atomic E-state index is -0.246. The molecule has 3 nitrogen and oxygen atoms in total. The van der Waals surface area contributed by atoms with E-state index in [-0.39, 0.29) is 17.3 Å². The Morgan fingerprint density at radius 2 is 2.10 bits per heavy atom. The zero-order valence-electron chi connectivity index (χ0n) is 12.2. The van der Waals surface area contributed by atoms with E-state index in [0.29, 0.717) is 31.5 Å². The van der Waals surface area contributed by atoms with Crippen molar-refractivity contribution in [3.63, 3.8) is 0 Å². The Morgan fingerprint density at radius 3 is 2.67 bits per heavy atom. The topological polar surface area (TPSA) is 29.5 Å². The zero-order chi connectivity index (χ0) is 15.2. The first kappa shape index (κ1) is 14.8. The van der Waals surface area contributed by atoms with Crippen molar-refractivity contribution in [1.82, 2.24) is 4.90 Å². The van der Waals surface area contributed by atoms with Crippen molar-refractivity contribution in [2.24, 2.45) is 11.8 Å². The number of likely N-dealkylation sites (tertiary alicyclic amines) is 1. The summed E-state index contributed by atoms with van der Waals surface area (Å²) in [6.07, 6.45) is 0.649. The standard InChI is InChI=1S/C16H19BrFNO2/c1-3-16(11-7-10(17)5-6-14(11)18)12-8-19(9-13(12)16)15(20)21-4-2/h5-7,12-13H,3-4,8-9H2,1-2H3. The van der Waals surface area contributed by atoms with Gasteiger partial charge in [-0.15, -0.1) is 0 Å². The Morgan fingerprint density at radius 1 is 1.43 bits per heavy atom. The van der Waals surface area contributed by atoms with E-state index < -0.39 is 0 Å². The molecule has 0 aromatic heterocycles. The van der Waals surface area contributed by atoms with Crippen LogP contribution < -0.4 is 0 Å². The van der Waals surface area contributed by atoms with Gasteiger partial charge in [-0.05, 0) is 48.9 Å². The second-order valence-corrected chi connectivity index (χ2v) is 6.75. The Bertz CT molecular complexity index is 565. The summed E-state index contributed by atoms with van der Waals surface area (Å²) in [6.45, 7) is 5.64. The van der Waals surface area contributed by atoms with E-state index in [1.807, 2.05) is 13.0 Å². The number of amides is 1. The molecule has 0 bridgehead atoms. The number of halogens is 2. The largest absolute Gasteiger partial charge is 0.450 e. The highest BCUT2D eigenvalue weighted by atomic mass is 79.9. The van der Waals surface area contributed by atoms with Crippen molar-refractivity contribution >= 4 is 22.0 Å². The maximum Gasteiger partial charge on any atom is 0.409 e. The lowest BCUT2D eigenvalue weighted by Crippen LogP contribution is -2.35. The molecule has 1 amide bonds. The number of fused-ring (bicyclic) bond motifs is 1. The van der Waals surface area contributed by atoms with Crippen LogP contribution in [0.1, 0.15) is 25.8 Å². The van der Waals surface area contributed by atoms with E-state index in [4.69, 9.17) is 4.74 Å². The maximum atomic E-state index is 14.2. The van der Waals surface area contributed by atoms with Crippen LogP contribution in [0.15, 0.2) is 22.7 Å². The van der Waals surface area contributed by atoms with Crippen LogP contribution >= 0.6 is 15.9 Å². The molecule has 1 aliphatic carbocycles. The molecule has 1 aliphatic heterocycles. The van der Waals surface area contributed by atoms with Gasteiger partial charge >= 0.3 is 6.09 Å². The van der Waals surface area contributed by atoms with E-state index in [1.54, 1.807) is 11.0 Å². The van der Waals surface area contributed by atoms with Crippen LogP contribution in [0.3, 0.4) is 0 Å². The van der Waals surface area contributed by atoms with Gasteiger partial charge in [0.15, 0.2) is 0 Å². The van der Waals surface area contributed by atoms with E-state index in [9.17, 15) is 9.18 Å². The average molecular weight is 356 g/mol. The summed E-state index contributed by atoms with van der Waals surface area (Å²) in [5.74, 6) is 0.545. The maximum absolute atomic E-state index is 14.2. The Kier molecular flexibility index (Phi) is 3.72. The molecule has 0 radical (unpaired) electrons. The number of carbonyl (C=O) groups excluding carboxylic acids is 1. The molecule has 2 unspecified atom stereocenters. The number of carbonyl (C=O) groups is 1. The van der Waals surface area contributed by atoms with Crippen LogP contribution in [-0.4, -0.2) is 30.7 Å². The van der Waals surface area contributed by atoms with Crippen LogP contribution in [0.25, 0.3) is 0 Å². The summed E-state index contributed by atoms with van der Waals surface area (Å²) in [6, 6.07) is 5.14. The van der Waals surface area contributed by atoms with Gasteiger partial charge in [0, 0.05) is 23.0 Å². The summed E-state index contributed by atoms with van der Waals surface area (Å²) in [5.41, 5.74) is 0.675. The van der Waals surface area contributed by atoms with Crippen molar-refractivity contribution in [3.8, 4) is 0 Å². The van der Waals surface area contributed by atoms with Gasteiger partial charge in [-0.2, -0.15) is 0 Å². The molecule has 5 heteroatoms. The average Bonchev–Trinajstić information content (AvgIpc) is 2.84. The monoisotopic (exact) mass is 355 g/mol. The molecule has 1 saturated heterocycles. The fraction of sp³-hybridized carbons (Fsp3) is 0.562. The highest BCUT2D eigenvalue weighted by molar-refractivity contribution is 9.10. The van der Waals surface area contributed by atoms with Crippen LogP contribution in [0, 0.1) is 17.7 Å². The smallest absolute Gasteiger partial charge is 0.409 e. The molecule has 2 fully saturated rings. The second kappa shape index (κ2) is 5.27. The predicted molar refractivity (Wildman–Crippen MR) is 81.6 cm³/mol. The van der Waals surface area contributed by atoms with Crippen molar-refractivity contribution in [1.29, 1.82) is 0 Å². The number of hydrogen-bond donors (Lipinski definition) is 0. The van der Waals surface area contributed by atoms with Crippen molar-refractivity contribution < 1.29 is 13.9 Å². The Hall–Kier alpha value is -1.10. The molecule has 2 aliphatic rings. The van der Waals surface area contributed by atoms with E-state index >= 15 is 0 Å². The predicted octanol–water partition coefficient (Wildman–Crippen LogP) is 3.95. The van der Waals surface area contributed by atoms with Crippen LogP contribution in [0.5, 0.6) is 0 Å². The molecule has 1 aromatic carbocycles. The van der Waals surface area contributed by atoms with Gasteiger partial charge in [0.1, 0.15) is 5.82 Å². The molecule has 0 N–H and O–H groups in total. The molecule has 3 rings (SSSR count). The number of benzene rings is 1. The van der Waals surface area contributed by atoms with Gasteiger partial charge in [0.25, 0.3) is 0 Å². The third-order valence-corrected chi connectivity index (χ3v) is 5.57. The first-order chi connectivity index (χ1) is 10.0. The molecule has 1 heterocycles. The summed E-state index contributed by atoms with van der Waals surface area (Å²) in [4.78, 5) is 13.5. The summed E-state index contributed by atoms with van der Waals surface area (Å²) in [5, 5.41) is 0. The number of ether oxygens (including phenoxy) is 1. The van der Waals surface area contributed by atoms with Crippen molar-refractivity contribution in [2.75, 3.05) is 19.7 Å². The molecular formula is C16H19BrFNO2. The molecular weight excluding hydrogens is 337 g/mol. The van der Waals surface area contributed by atoms with Gasteiger partial charge in [0.2, 0.25) is 0 Å². The van der Waals surface area contributed by atoms with Crippen LogP contribution in [0.4, 0.5) is 9.18 Å². The molecule has 2 atom stereocenters. The minimum Gasteiger partial charge on any atom is -0.450 e. The van der Waals surface area contributed by atoms with Crippen molar-refractivity contribution in [3.05, 3.63) is 34.1 Å². The van der Waals surface area contributed by atoms with Gasteiger partial charge in [0.05, 0.1) is 6.61 Å². The lowest BCUT2D eigenvalue weighted by molar-refractivity contribution is 0.108. The highest BCUT2D eigenvalue weighted by Gasteiger charge is 2.69. The number of piperidine rings is 1. The lowest BCUT2D eigenvalue weighted by Gasteiger charge is -2.26. The lowest BCUT2D eigenvalue weighted by atomic mass is 9.87. The third-order valence-electron chi connectivity index (χ3n) is 5.07. The first-order valence-corrected chi connectivity index (χ1v) is 8.21. The molecule has 0 spiro atoms. The van der Waals surface area contributed by atoms with Gasteiger partial charge in [-0.25, -0.2) is 9.18 Å². The zero-order valence-corrected chi connectivity index (χ0v) is 13.8. The summed E-state index contributed by atoms with van der Waals surface area (Å²) in [7, 11) is 0. The van der Waals surface area contributed by atoms with Crippen LogP contribution in [-0.2, 0) is 10.2 Å². The normalized spacial score (nSPS) is 30.2. The SMILES string of the molecule is CCOC(=O)N1CC2C(C1)C2(CC)c1cc(Br)ccc1F. The minimum absolute atomic E-state index is 0.114. The Labute approximate surface area is 132 Å². The molecule has 1 aromatic rings. The Balaban J connectivity index is 1.82. The van der Waals surface area contributed by atoms with Gasteiger partial charge in [-0.1, -0.05) is 22.9 Å². The van der Waals surface area contributed by atoms with Gasteiger partial charge < -0.3 is 9.64 Å². The van der Waals surface area contributed by atoms with E-state index in [1.165, 1.54) is 6.07 Å². The number of rotatable bonds is 3. The fourth-order valence-corrected chi connectivity index (χ4v) is 4.43. The highest BCUT2D eigenvalue weighted by Crippen LogP contribution is 2.66. The quantitative estimate of drug-likeness (QED) is 0.821. The molecule has 21 heavy (non-hydrogen) atoms. The first-order valence-electron chi connectivity index (χ1n) is 7.41. The number of hydrogen-bond acceptors (Lipinski definition) is 2. The van der Waals surface area contributed by atoms with Crippen LogP contribution in [0.2, 0.25) is 0 Å². The molecule has 1 saturated carbocycles. The van der Waals surface area contributed by atoms with Crippen molar-refractivity contribution in [2.45, 2.75) is 25.7 Å². The number of nitrogens with zero attached hydrogens (tertiary/aromatic N) is 1. The second-order valence-electron chi connectivity index (χ2n) is 5.83. The van der Waals surface area contributed by atoms with Gasteiger partial charge in [-0.3, -0.25) is 0 Å².